The number of aliphatic hydroxyl groups is 3. The van der Waals surface area contributed by atoms with Crippen molar-refractivity contribution in [2.24, 2.45) is 16.7 Å². The van der Waals surface area contributed by atoms with Gasteiger partial charge in [-0.05, 0) is 72.4 Å². The van der Waals surface area contributed by atoms with E-state index >= 15 is 9.59 Å². The van der Waals surface area contributed by atoms with Crippen LogP contribution in [0.1, 0.15) is 104 Å². The molecule has 4 aliphatic rings. The van der Waals surface area contributed by atoms with Gasteiger partial charge in [-0.3, -0.25) is 28.0 Å². The zero-order valence-corrected chi connectivity index (χ0v) is 57.3. The number of carbonyl (C=O) groups excluding carboxylic acids is 5. The third kappa shape index (κ3) is 14.0. The van der Waals surface area contributed by atoms with E-state index in [1.807, 2.05) is 12.1 Å². The maximum atomic E-state index is 15.9. The van der Waals surface area contributed by atoms with E-state index in [-0.39, 0.29) is 136 Å². The van der Waals surface area contributed by atoms with Crippen LogP contribution in [-0.2, 0) is 69.4 Å². The first kappa shape index (κ1) is 66.7. The average molecular weight is 1580 g/mol. The van der Waals surface area contributed by atoms with E-state index in [0.717, 1.165) is 0 Å². The van der Waals surface area contributed by atoms with Crippen molar-refractivity contribution in [3.8, 4) is 0 Å². The number of fused-ring (bicyclic) bond motifs is 5. The molecule has 1 amide bonds. The number of benzene rings is 5. The smallest absolute Gasteiger partial charge is 0.455 e. The molecule has 11 atom stereocenters. The number of phosphoric acid groups is 1. The van der Waals surface area contributed by atoms with Crippen LogP contribution in [0.25, 0.3) is 0 Å². The van der Waals surface area contributed by atoms with Crippen LogP contribution >= 0.6 is 7.82 Å². The van der Waals surface area contributed by atoms with Crippen LogP contribution in [-0.4, -0.2) is 106 Å². The Morgan fingerprint density at radius 2 is 1.28 bits per heavy atom. The summed E-state index contributed by atoms with van der Waals surface area (Å²) in [4.78, 5) is 73.1. The van der Waals surface area contributed by atoms with Crippen molar-refractivity contribution in [2.45, 2.75) is 127 Å². The second kappa shape index (κ2) is 28.3. The fourth-order valence-electron chi connectivity index (χ4n) is 12.0. The number of amides is 1. The van der Waals surface area contributed by atoms with Crippen molar-refractivity contribution in [3.63, 3.8) is 0 Å². The normalized spacial score (nSPS) is 26.7. The molecule has 1 saturated heterocycles. The SMILES string of the molecule is CCCC(=O)OC(C(=O)OC1CC2(O)C(OC(=O)c3ccccc3)C3[C@]4(O)COC4CC(OCOP(=O)(OCc4ccccc4)OCc4ccccc4)[C@@]3(C)C(=O)C(O)C(=C1C)C2(C)C)C(NC(=O)c1ccccc1)c1ccccc1.[Ac].[Ac]. The van der Waals surface area contributed by atoms with Crippen molar-refractivity contribution < 1.29 is 169 Å². The summed E-state index contributed by atoms with van der Waals surface area (Å²) < 4.78 is 63.3. The van der Waals surface area contributed by atoms with E-state index in [4.69, 9.17) is 37.3 Å². The number of carbonyl (C=O) groups is 5. The summed E-state index contributed by atoms with van der Waals surface area (Å²) in [5, 5.41) is 42.8. The molecule has 3 aliphatic carbocycles. The summed E-state index contributed by atoms with van der Waals surface area (Å²) in [6.07, 6.45) is -10.5. The van der Waals surface area contributed by atoms with Gasteiger partial charge in [0.05, 0.1) is 43.0 Å². The van der Waals surface area contributed by atoms with Crippen molar-refractivity contribution in [1.82, 2.24) is 5.32 Å². The van der Waals surface area contributed by atoms with E-state index in [2.05, 4.69) is 5.32 Å². The number of rotatable bonds is 21. The fraction of sp³-hybridized carbons (Fsp3) is 0.403. The topological polar surface area (TPSA) is 249 Å². The molecule has 83 heavy (non-hydrogen) atoms. The Morgan fingerprint density at radius 1 is 0.747 bits per heavy atom. The zero-order valence-electron chi connectivity index (χ0n) is 46.9. The van der Waals surface area contributed by atoms with Gasteiger partial charge in [-0.15, -0.1) is 0 Å². The monoisotopic (exact) mass is 1580 g/mol. The first-order valence-corrected chi connectivity index (χ1v) is 28.5. The molecule has 2 saturated carbocycles. The van der Waals surface area contributed by atoms with Gasteiger partial charge in [0.1, 0.15) is 35.6 Å². The minimum atomic E-state index is -4.49. The molecule has 2 bridgehead atoms. The minimum absolute atomic E-state index is 0. The van der Waals surface area contributed by atoms with Crippen LogP contribution in [0, 0.1) is 105 Å². The van der Waals surface area contributed by atoms with Gasteiger partial charge in [-0.2, -0.15) is 0 Å². The summed E-state index contributed by atoms with van der Waals surface area (Å²) >= 11 is 0. The van der Waals surface area contributed by atoms with E-state index in [9.17, 15) is 34.3 Å². The predicted octanol–water partition coefficient (Wildman–Crippen LogP) is 8.49. The molecular weight excluding hydrogens is 1520 g/mol. The van der Waals surface area contributed by atoms with Crippen LogP contribution in [0.2, 0.25) is 0 Å². The van der Waals surface area contributed by atoms with E-state index < -0.39 is 128 Å². The molecule has 9 rings (SSSR count). The molecule has 3 fully saturated rings. The number of ether oxygens (including phenoxy) is 5. The predicted molar refractivity (Wildman–Crippen MR) is 292 cm³/mol. The Bertz CT molecular complexity index is 3100. The molecule has 0 spiro atoms. The summed E-state index contributed by atoms with van der Waals surface area (Å²) in [7, 11) is -4.49. The Labute approximate surface area is 554 Å². The second-order valence-corrected chi connectivity index (χ2v) is 23.4. The molecule has 5 aromatic carbocycles. The summed E-state index contributed by atoms with van der Waals surface area (Å²) in [5.41, 5.74) is -6.32. The van der Waals surface area contributed by atoms with Crippen molar-refractivity contribution in [2.75, 3.05) is 13.4 Å². The number of hydrogen-bond acceptors (Lipinski definition) is 17. The summed E-state index contributed by atoms with van der Waals surface area (Å²) in [6, 6.07) is 40.9. The molecule has 0 aromatic heterocycles. The molecule has 5 aromatic rings. The van der Waals surface area contributed by atoms with Crippen LogP contribution < -0.4 is 5.32 Å². The number of hydrogen-bond donors (Lipinski definition) is 4. The van der Waals surface area contributed by atoms with E-state index in [1.54, 1.807) is 148 Å². The van der Waals surface area contributed by atoms with Crippen molar-refractivity contribution >= 4 is 37.4 Å². The maximum absolute atomic E-state index is 15.9. The fourth-order valence-corrected chi connectivity index (χ4v) is 13.0. The summed E-state index contributed by atoms with van der Waals surface area (Å²) in [6.45, 7) is 6.22. The Morgan fingerprint density at radius 3 is 1.81 bits per heavy atom. The van der Waals surface area contributed by atoms with Gasteiger partial charge in [0.25, 0.3) is 5.91 Å². The second-order valence-electron chi connectivity index (χ2n) is 21.8. The molecule has 21 heteroatoms. The maximum Gasteiger partial charge on any atom is 0.477 e. The first-order valence-electron chi connectivity index (χ1n) is 27.0. The molecule has 2 radical (unpaired) electrons. The average Bonchev–Trinajstić information content (AvgIpc) is 0.731. The third-order valence-electron chi connectivity index (χ3n) is 16.5. The van der Waals surface area contributed by atoms with Gasteiger partial charge >= 0.3 is 25.7 Å². The standard InChI is InChI=1S/C62H68NO17P.2Ac/c1-6-22-48(64)79-52(50(42-27-16-9-17-28-42)63-56(67)43-29-18-10-19-30-43)58(69)78-45-34-62(71)55(80-57(68)44-31-20-11-21-32-44)53-60(5,54(66)51(65)49(39(45)2)59(62,3)4)46(33-47-61(53,70)37-73-47)74-38-77-81(72,75-35-40-23-12-7-13-24-40)76-36-41-25-14-8-15-26-41;;/h7-21,23-32,45-47,50-53,55,65,70-71H,6,22,33-38H2,1-5H3,(H,63,67);;/t45?,46?,47?,50?,51?,52?,53?,55?,60-,61+,62?;;/m1../s1. The molecule has 1 aliphatic heterocycles. The quantitative estimate of drug-likeness (QED) is 0.0177. The molecule has 434 valence electrons. The Balaban J connectivity index is 0.00000495. The number of ketones is 1. The molecule has 1 heterocycles. The number of Topliss-reactive ketones (excluding diaryl/α,β-unsaturated/α-hetero) is 1. The largest absolute Gasteiger partial charge is 0.477 e. The molecular formula is C62H68Ac2NO17P. The van der Waals surface area contributed by atoms with Crippen molar-refractivity contribution in [3.05, 3.63) is 191 Å². The number of esters is 3. The van der Waals surface area contributed by atoms with Crippen LogP contribution in [0.4, 0.5) is 0 Å². The van der Waals surface area contributed by atoms with Crippen LogP contribution in [0.15, 0.2) is 163 Å². The van der Waals surface area contributed by atoms with Gasteiger partial charge in [0.15, 0.2) is 12.6 Å². The van der Waals surface area contributed by atoms with Crippen LogP contribution in [0.3, 0.4) is 0 Å². The van der Waals surface area contributed by atoms with Crippen LogP contribution in [0.5, 0.6) is 0 Å². The van der Waals surface area contributed by atoms with Gasteiger partial charge in [-0.25, -0.2) is 14.2 Å². The number of aliphatic hydroxyl groups excluding tert-OH is 1. The van der Waals surface area contributed by atoms with Gasteiger partial charge in [0.2, 0.25) is 6.10 Å². The minimum Gasteiger partial charge on any atom is -0.455 e. The molecule has 9 unspecified atom stereocenters. The van der Waals surface area contributed by atoms with E-state index in [1.165, 1.54) is 26.0 Å². The van der Waals surface area contributed by atoms with Gasteiger partial charge < -0.3 is 44.3 Å². The molecule has 18 nitrogen and oxygen atoms in total. The van der Waals surface area contributed by atoms with Gasteiger partial charge in [0, 0.05) is 124 Å². The third-order valence-corrected chi connectivity index (χ3v) is 17.8. The number of nitrogens with one attached hydrogen (secondary N) is 1. The Kier molecular flexibility index (Phi) is 22.8. The van der Waals surface area contributed by atoms with Gasteiger partial charge in [-0.1, -0.05) is 148 Å². The number of phosphoric ester groups is 1. The first-order chi connectivity index (χ1) is 38.7. The Hall–Kier alpha value is -3.82. The molecule has 4 N–H and O–H groups in total. The summed E-state index contributed by atoms with van der Waals surface area (Å²) in [5.74, 6) is -6.09. The van der Waals surface area contributed by atoms with E-state index in [0.29, 0.717) is 23.1 Å². The zero-order chi connectivity index (χ0) is 57.7. The van der Waals surface area contributed by atoms with Crippen molar-refractivity contribution in [1.29, 1.82) is 0 Å².